The second-order valence-corrected chi connectivity index (χ2v) is 3.54. The zero-order chi connectivity index (χ0) is 10.1. The number of hydrogen-bond acceptors (Lipinski definition) is 2. The third-order valence-electron chi connectivity index (χ3n) is 2.40. The fourth-order valence-electron chi connectivity index (χ4n) is 1.05. The minimum absolute atomic E-state index is 0.0330. The van der Waals surface area contributed by atoms with Crippen molar-refractivity contribution in [1.29, 1.82) is 0 Å². The first-order valence-corrected chi connectivity index (χ1v) is 4.20. The van der Waals surface area contributed by atoms with Crippen LogP contribution in [0.25, 0.3) is 0 Å². The van der Waals surface area contributed by atoms with E-state index in [1.807, 2.05) is 13.8 Å². The number of allylic oxidation sites excluding steroid dienone is 1. The van der Waals surface area contributed by atoms with E-state index >= 15 is 0 Å². The van der Waals surface area contributed by atoms with Crippen LogP contribution in [0.5, 0.6) is 0 Å². The van der Waals surface area contributed by atoms with Crippen LogP contribution in [0.15, 0.2) is 17.3 Å². The van der Waals surface area contributed by atoms with Gasteiger partial charge in [0, 0.05) is 12.4 Å². The van der Waals surface area contributed by atoms with Gasteiger partial charge in [-0.05, 0) is 18.9 Å². The molecule has 1 amide bonds. The fraction of sp³-hybridized carbons (Fsp3) is 0.556. The van der Waals surface area contributed by atoms with Crippen LogP contribution in [0, 0.1) is 5.92 Å². The van der Waals surface area contributed by atoms with E-state index in [2.05, 4.69) is 4.99 Å². The van der Waals surface area contributed by atoms with E-state index < -0.39 is 11.4 Å². The number of aliphatic imine (C=N–C) groups is 1. The first-order chi connectivity index (χ1) is 5.98. The van der Waals surface area contributed by atoms with Crippen LogP contribution >= 0.6 is 0 Å². The van der Waals surface area contributed by atoms with Gasteiger partial charge in [-0.2, -0.15) is 5.12 Å². The lowest BCUT2D eigenvalue weighted by Crippen LogP contribution is -2.44. The van der Waals surface area contributed by atoms with Crippen molar-refractivity contribution in [3.05, 3.63) is 12.3 Å². The Bertz CT molecular complexity index is 273. The highest BCUT2D eigenvalue weighted by molar-refractivity contribution is 5.90. The van der Waals surface area contributed by atoms with Gasteiger partial charge in [0.15, 0.2) is 0 Å². The van der Waals surface area contributed by atoms with Crippen LogP contribution in [0.4, 0.5) is 4.48 Å². The fourth-order valence-corrected chi connectivity index (χ4v) is 1.05. The van der Waals surface area contributed by atoms with Crippen molar-refractivity contribution >= 4 is 12.1 Å². The smallest absolute Gasteiger partial charge is 0.276 e. The third-order valence-corrected chi connectivity index (χ3v) is 2.40. The number of rotatable bonds is 1. The Labute approximate surface area is 76.9 Å². The normalized spacial score (nSPS) is 28.4. The molecule has 0 fully saturated rings. The molecule has 0 aromatic carbocycles. The van der Waals surface area contributed by atoms with E-state index in [0.717, 1.165) is 6.20 Å². The lowest BCUT2D eigenvalue weighted by molar-refractivity contribution is -0.147. The van der Waals surface area contributed by atoms with Crippen molar-refractivity contribution in [1.82, 2.24) is 5.12 Å². The molecule has 0 radical (unpaired) electrons. The molecule has 0 bridgehead atoms. The predicted octanol–water partition coefficient (Wildman–Crippen LogP) is 1.71. The molecule has 0 N–H and O–H groups in total. The molecule has 13 heavy (non-hydrogen) atoms. The topological polar surface area (TPSA) is 32.7 Å². The quantitative estimate of drug-likeness (QED) is 0.571. The van der Waals surface area contributed by atoms with Crippen LogP contribution < -0.4 is 0 Å². The van der Waals surface area contributed by atoms with Crippen molar-refractivity contribution in [2.75, 3.05) is 0 Å². The van der Waals surface area contributed by atoms with Gasteiger partial charge in [0.2, 0.25) is 0 Å². The molecule has 1 aliphatic rings. The van der Waals surface area contributed by atoms with Gasteiger partial charge in [0.25, 0.3) is 5.91 Å². The second kappa shape index (κ2) is 3.28. The summed E-state index contributed by atoms with van der Waals surface area (Å²) in [6.07, 6.45) is 3.93. The SMILES string of the molecule is CC(C)C1(C)N=CC=CN(F)C1=O. The maximum atomic E-state index is 13.0. The molecule has 0 saturated heterocycles. The van der Waals surface area contributed by atoms with Gasteiger partial charge in [0.1, 0.15) is 5.54 Å². The molecule has 3 nitrogen and oxygen atoms in total. The van der Waals surface area contributed by atoms with Crippen molar-refractivity contribution in [3.8, 4) is 0 Å². The Morgan fingerprint density at radius 2 is 2.23 bits per heavy atom. The third kappa shape index (κ3) is 1.61. The van der Waals surface area contributed by atoms with Crippen LogP contribution in [0.3, 0.4) is 0 Å². The van der Waals surface area contributed by atoms with Crippen LogP contribution in [-0.4, -0.2) is 22.8 Å². The van der Waals surface area contributed by atoms with Gasteiger partial charge in [-0.25, -0.2) is 0 Å². The molecule has 0 aromatic heterocycles. The molecule has 1 rings (SSSR count). The lowest BCUT2D eigenvalue weighted by Gasteiger charge is -2.27. The Hall–Kier alpha value is -1.19. The largest absolute Gasteiger partial charge is 0.282 e. The zero-order valence-electron chi connectivity index (χ0n) is 7.99. The second-order valence-electron chi connectivity index (χ2n) is 3.54. The van der Waals surface area contributed by atoms with E-state index in [-0.39, 0.29) is 11.0 Å². The highest BCUT2D eigenvalue weighted by Crippen LogP contribution is 2.25. The summed E-state index contributed by atoms with van der Waals surface area (Å²) in [5.41, 5.74) is -0.988. The number of hydrogen-bond donors (Lipinski definition) is 0. The number of halogens is 1. The molecule has 1 atom stereocenters. The molecule has 0 aromatic rings. The van der Waals surface area contributed by atoms with Gasteiger partial charge < -0.3 is 0 Å². The summed E-state index contributed by atoms with van der Waals surface area (Å²) in [5, 5.41) is 0.0903. The van der Waals surface area contributed by atoms with Gasteiger partial charge in [-0.1, -0.05) is 18.3 Å². The van der Waals surface area contributed by atoms with Crippen molar-refractivity contribution in [2.24, 2.45) is 10.9 Å². The average Bonchev–Trinajstić information content (AvgIpc) is 2.19. The predicted molar refractivity (Wildman–Crippen MR) is 48.8 cm³/mol. The summed E-state index contributed by atoms with van der Waals surface area (Å²) >= 11 is 0. The van der Waals surface area contributed by atoms with E-state index in [9.17, 15) is 9.28 Å². The van der Waals surface area contributed by atoms with E-state index in [1.54, 1.807) is 6.92 Å². The van der Waals surface area contributed by atoms with E-state index in [0.29, 0.717) is 0 Å². The van der Waals surface area contributed by atoms with E-state index in [4.69, 9.17) is 0 Å². The summed E-state index contributed by atoms with van der Waals surface area (Å²) in [5.74, 6) is -0.651. The number of carbonyl (C=O) groups is 1. The molecular weight excluding hydrogens is 171 g/mol. The van der Waals surface area contributed by atoms with Crippen molar-refractivity contribution in [3.63, 3.8) is 0 Å². The molecule has 0 aliphatic carbocycles. The van der Waals surface area contributed by atoms with Crippen LogP contribution in [0.1, 0.15) is 20.8 Å². The summed E-state index contributed by atoms with van der Waals surface area (Å²) < 4.78 is 13.0. The summed E-state index contributed by atoms with van der Waals surface area (Å²) in [6.45, 7) is 5.32. The number of nitrogens with zero attached hydrogens (tertiary/aromatic N) is 2. The van der Waals surface area contributed by atoms with Crippen molar-refractivity contribution in [2.45, 2.75) is 26.3 Å². The number of amides is 1. The highest BCUT2D eigenvalue weighted by Gasteiger charge is 2.39. The molecule has 4 heteroatoms. The van der Waals surface area contributed by atoms with Gasteiger partial charge >= 0.3 is 0 Å². The van der Waals surface area contributed by atoms with Gasteiger partial charge in [0.05, 0.1) is 0 Å². The molecule has 72 valence electrons. The molecular formula is C9H13FN2O. The summed E-state index contributed by atoms with van der Waals surface area (Å²) in [6, 6.07) is 0. The molecule has 0 saturated carbocycles. The molecule has 1 aliphatic heterocycles. The summed E-state index contributed by atoms with van der Waals surface area (Å²) in [7, 11) is 0. The Kier molecular flexibility index (Phi) is 2.50. The van der Waals surface area contributed by atoms with Crippen molar-refractivity contribution < 1.29 is 9.28 Å². The van der Waals surface area contributed by atoms with E-state index in [1.165, 1.54) is 12.3 Å². The minimum atomic E-state index is -0.988. The monoisotopic (exact) mass is 184 g/mol. The standard InChI is InChI=1S/C9H13FN2O/c1-7(2)9(3)8(13)12(10)6-4-5-11-9/h4-7H,1-3H3. The molecule has 1 unspecified atom stereocenters. The maximum Gasteiger partial charge on any atom is 0.282 e. The van der Waals surface area contributed by atoms with Crippen LogP contribution in [-0.2, 0) is 4.79 Å². The minimum Gasteiger partial charge on any atom is -0.276 e. The first-order valence-electron chi connectivity index (χ1n) is 4.20. The highest BCUT2D eigenvalue weighted by atomic mass is 19.2. The summed E-state index contributed by atoms with van der Waals surface area (Å²) in [4.78, 5) is 15.5. The first kappa shape index (κ1) is 9.89. The van der Waals surface area contributed by atoms with Gasteiger partial charge in [-0.3, -0.25) is 9.79 Å². The van der Waals surface area contributed by atoms with Crippen LogP contribution in [0.2, 0.25) is 0 Å². The Balaban J connectivity index is 3.04. The Morgan fingerprint density at radius 1 is 1.62 bits per heavy atom. The lowest BCUT2D eigenvalue weighted by atomic mass is 9.88. The average molecular weight is 184 g/mol. The molecule has 1 heterocycles. The maximum absolute atomic E-state index is 13.0. The zero-order valence-corrected chi connectivity index (χ0v) is 7.99. The Morgan fingerprint density at radius 3 is 2.77 bits per heavy atom. The number of carbonyl (C=O) groups excluding carboxylic acids is 1. The molecule has 0 spiro atoms. The van der Waals surface area contributed by atoms with Gasteiger partial charge in [-0.15, -0.1) is 0 Å².